The minimum Gasteiger partial charge on any atom is -0.497 e. The predicted octanol–water partition coefficient (Wildman–Crippen LogP) is 3.71. The third-order valence-corrected chi connectivity index (χ3v) is 4.15. The Labute approximate surface area is 127 Å². The normalized spacial score (nSPS) is 11.8. The largest absolute Gasteiger partial charge is 0.497 e. The van der Waals surface area contributed by atoms with E-state index < -0.39 is 0 Å². The van der Waals surface area contributed by atoms with Gasteiger partial charge in [0.25, 0.3) is 0 Å². The highest BCUT2D eigenvalue weighted by molar-refractivity contribution is 7.18. The van der Waals surface area contributed by atoms with Gasteiger partial charge in [-0.15, -0.1) is 11.3 Å². The van der Waals surface area contributed by atoms with Crippen molar-refractivity contribution >= 4 is 27.3 Å². The molecule has 0 spiro atoms. The molecule has 0 amide bonds. The Morgan fingerprint density at radius 3 is 2.95 bits per heavy atom. The van der Waals surface area contributed by atoms with Crippen LogP contribution in [0.3, 0.4) is 0 Å². The van der Waals surface area contributed by atoms with Crippen molar-refractivity contribution < 1.29 is 4.74 Å². The number of aromatic nitrogens is 2. The molecule has 0 N–H and O–H groups in total. The summed E-state index contributed by atoms with van der Waals surface area (Å²) in [5.41, 5.74) is 2.78. The molecule has 0 radical (unpaired) electrons. The highest BCUT2D eigenvalue weighted by Gasteiger charge is 2.05. The monoisotopic (exact) mass is 297 g/mol. The molecule has 2 heterocycles. The average Bonchev–Trinajstić information content (AvgIpc) is 2.95. The third kappa shape index (κ3) is 3.08. The van der Waals surface area contributed by atoms with E-state index in [1.54, 1.807) is 24.6 Å². The summed E-state index contributed by atoms with van der Waals surface area (Å²) < 4.78 is 6.37. The number of hydrogen-bond acceptors (Lipinski definition) is 5. The van der Waals surface area contributed by atoms with Gasteiger partial charge in [-0.2, -0.15) is 0 Å². The van der Waals surface area contributed by atoms with Crippen molar-refractivity contribution in [1.29, 1.82) is 0 Å². The van der Waals surface area contributed by atoms with Gasteiger partial charge in [0, 0.05) is 12.3 Å². The zero-order chi connectivity index (χ0) is 14.7. The Morgan fingerprint density at radius 1 is 1.29 bits per heavy atom. The minimum atomic E-state index is 0.573. The van der Waals surface area contributed by atoms with Crippen LogP contribution < -0.4 is 4.74 Å². The Hall–Kier alpha value is -2.27. The van der Waals surface area contributed by atoms with Crippen molar-refractivity contribution in [2.24, 2.45) is 4.99 Å². The van der Waals surface area contributed by atoms with Crippen molar-refractivity contribution in [2.45, 2.75) is 13.5 Å². The number of rotatable bonds is 4. The summed E-state index contributed by atoms with van der Waals surface area (Å²) in [6.45, 7) is 2.54. The second-order valence-corrected chi connectivity index (χ2v) is 5.67. The molecule has 5 heteroatoms. The Morgan fingerprint density at radius 2 is 2.19 bits per heavy atom. The van der Waals surface area contributed by atoms with Crippen LogP contribution in [0, 0.1) is 0 Å². The minimum absolute atomic E-state index is 0.573. The molecule has 3 rings (SSSR count). The van der Waals surface area contributed by atoms with E-state index in [-0.39, 0.29) is 0 Å². The van der Waals surface area contributed by atoms with Crippen LogP contribution in [-0.2, 0) is 6.54 Å². The summed E-state index contributed by atoms with van der Waals surface area (Å²) in [4.78, 5) is 13.5. The lowest BCUT2D eigenvalue weighted by molar-refractivity contribution is 0.415. The summed E-state index contributed by atoms with van der Waals surface area (Å²) >= 11 is 1.66. The van der Waals surface area contributed by atoms with E-state index in [0.29, 0.717) is 6.54 Å². The van der Waals surface area contributed by atoms with E-state index in [0.717, 1.165) is 32.4 Å². The smallest absolute Gasteiger partial charge is 0.121 e. The van der Waals surface area contributed by atoms with Crippen LogP contribution in [0.1, 0.15) is 17.6 Å². The second kappa shape index (κ2) is 6.01. The first-order valence-corrected chi connectivity index (χ1v) is 7.44. The quantitative estimate of drug-likeness (QED) is 0.690. The van der Waals surface area contributed by atoms with E-state index in [2.05, 4.69) is 15.0 Å². The molecular formula is C16H15N3OS. The third-order valence-electron chi connectivity index (χ3n) is 3.13. The van der Waals surface area contributed by atoms with Crippen LogP contribution in [0.15, 0.2) is 47.6 Å². The number of benzene rings is 1. The molecule has 0 bridgehead atoms. The van der Waals surface area contributed by atoms with Crippen LogP contribution in [0.4, 0.5) is 0 Å². The number of methoxy groups -OCH3 is 1. The Bertz CT molecular complexity index is 781. The Balaban J connectivity index is 1.82. The average molecular weight is 297 g/mol. The molecule has 0 saturated heterocycles. The van der Waals surface area contributed by atoms with Gasteiger partial charge in [-0.3, -0.25) is 9.98 Å². The van der Waals surface area contributed by atoms with E-state index in [1.807, 2.05) is 43.3 Å². The lowest BCUT2D eigenvalue weighted by atomic mass is 10.2. The van der Waals surface area contributed by atoms with E-state index >= 15 is 0 Å². The van der Waals surface area contributed by atoms with Crippen molar-refractivity contribution in [3.05, 3.63) is 53.3 Å². The molecule has 4 nitrogen and oxygen atoms in total. The molecular weight excluding hydrogens is 282 g/mol. The highest BCUT2D eigenvalue weighted by Crippen LogP contribution is 2.26. The molecule has 0 saturated carbocycles. The first kappa shape index (κ1) is 13.7. The second-order valence-electron chi connectivity index (χ2n) is 4.56. The molecule has 3 aromatic rings. The van der Waals surface area contributed by atoms with Gasteiger partial charge in [0.2, 0.25) is 0 Å². The predicted molar refractivity (Wildman–Crippen MR) is 86.3 cm³/mol. The molecule has 21 heavy (non-hydrogen) atoms. The zero-order valence-corrected chi connectivity index (χ0v) is 12.7. The summed E-state index contributed by atoms with van der Waals surface area (Å²) in [6.07, 6.45) is 1.78. The lowest BCUT2D eigenvalue weighted by Gasteiger charge is -1.98. The summed E-state index contributed by atoms with van der Waals surface area (Å²) in [7, 11) is 1.66. The first-order valence-electron chi connectivity index (χ1n) is 6.62. The molecule has 1 aromatic carbocycles. The first-order chi connectivity index (χ1) is 10.3. The molecule has 106 valence electrons. The zero-order valence-electron chi connectivity index (χ0n) is 11.9. The van der Waals surface area contributed by atoms with Crippen molar-refractivity contribution in [3.8, 4) is 5.75 Å². The van der Waals surface area contributed by atoms with Crippen LogP contribution in [-0.4, -0.2) is 22.8 Å². The van der Waals surface area contributed by atoms with Crippen molar-refractivity contribution in [3.63, 3.8) is 0 Å². The molecule has 0 unspecified atom stereocenters. The van der Waals surface area contributed by atoms with E-state index in [9.17, 15) is 0 Å². The summed E-state index contributed by atoms with van der Waals surface area (Å²) in [5, 5.41) is 0.994. The maximum atomic E-state index is 5.22. The van der Waals surface area contributed by atoms with E-state index in [1.165, 1.54) is 0 Å². The fourth-order valence-electron chi connectivity index (χ4n) is 1.99. The summed E-state index contributed by atoms with van der Waals surface area (Å²) in [6, 6.07) is 11.8. The van der Waals surface area contributed by atoms with E-state index in [4.69, 9.17) is 4.74 Å². The van der Waals surface area contributed by atoms with Gasteiger partial charge in [0.05, 0.1) is 35.3 Å². The van der Waals surface area contributed by atoms with Gasteiger partial charge in [-0.25, -0.2) is 4.98 Å². The topological polar surface area (TPSA) is 47.4 Å². The van der Waals surface area contributed by atoms with Gasteiger partial charge < -0.3 is 4.74 Å². The molecule has 0 aliphatic heterocycles. The highest BCUT2D eigenvalue weighted by atomic mass is 32.1. The molecule has 0 aliphatic rings. The van der Waals surface area contributed by atoms with Crippen LogP contribution >= 0.6 is 11.3 Å². The number of nitrogens with zero attached hydrogens (tertiary/aromatic N) is 3. The SMILES string of the molecule is COc1ccc2sc(CN=C(C)c3ccccn3)nc2c1. The maximum absolute atomic E-state index is 5.22. The van der Waals surface area contributed by atoms with Crippen molar-refractivity contribution in [1.82, 2.24) is 9.97 Å². The van der Waals surface area contributed by atoms with Crippen LogP contribution in [0.25, 0.3) is 10.2 Å². The number of pyridine rings is 1. The molecule has 2 aromatic heterocycles. The number of fused-ring (bicyclic) bond motifs is 1. The van der Waals surface area contributed by atoms with Crippen LogP contribution in [0.5, 0.6) is 5.75 Å². The van der Waals surface area contributed by atoms with Gasteiger partial charge >= 0.3 is 0 Å². The number of aliphatic imine (C=N–C) groups is 1. The van der Waals surface area contributed by atoms with Gasteiger partial charge in [0.15, 0.2) is 0 Å². The summed E-state index contributed by atoms with van der Waals surface area (Å²) in [5.74, 6) is 0.826. The molecule has 0 fully saturated rings. The fraction of sp³-hybridized carbons (Fsp3) is 0.188. The Kier molecular flexibility index (Phi) is 3.92. The number of ether oxygens (including phenoxy) is 1. The van der Waals surface area contributed by atoms with Crippen molar-refractivity contribution in [2.75, 3.05) is 7.11 Å². The number of hydrogen-bond donors (Lipinski definition) is 0. The van der Waals surface area contributed by atoms with Gasteiger partial charge in [0.1, 0.15) is 10.8 Å². The lowest BCUT2D eigenvalue weighted by Crippen LogP contribution is -1.98. The molecule has 0 aliphatic carbocycles. The molecule has 0 atom stereocenters. The van der Waals surface area contributed by atoms with Gasteiger partial charge in [-0.1, -0.05) is 6.07 Å². The standard InChI is InChI=1S/C16H15N3OS/c1-11(13-5-3-4-8-17-13)18-10-16-19-14-9-12(20-2)6-7-15(14)21-16/h3-9H,10H2,1-2H3. The maximum Gasteiger partial charge on any atom is 0.121 e. The fourth-order valence-corrected chi connectivity index (χ4v) is 2.87. The van der Waals surface area contributed by atoms with Gasteiger partial charge in [-0.05, 0) is 31.2 Å². The number of thiazole rings is 1. The van der Waals surface area contributed by atoms with Crippen LogP contribution in [0.2, 0.25) is 0 Å².